The highest BCUT2D eigenvalue weighted by molar-refractivity contribution is 5.91. The van der Waals surface area contributed by atoms with E-state index in [1.165, 1.54) is 6.08 Å². The monoisotopic (exact) mass is 335 g/mol. The fraction of sp³-hybridized carbons (Fsp3) is 0.150. The number of amides is 1. The van der Waals surface area contributed by atoms with Crippen LogP contribution in [0.5, 0.6) is 17.2 Å². The molecule has 1 aliphatic rings. The van der Waals surface area contributed by atoms with Gasteiger partial charge in [-0.2, -0.15) is 0 Å². The molecule has 0 atom stereocenters. The average molecular weight is 335 g/mol. The van der Waals surface area contributed by atoms with Gasteiger partial charge in [0.15, 0.2) is 11.5 Å². The number of benzene rings is 2. The Morgan fingerprint density at radius 2 is 2.00 bits per heavy atom. The number of carbonyl (C=O) groups excluding carboxylic acids is 1. The molecule has 5 nitrogen and oxygen atoms in total. The van der Waals surface area contributed by atoms with Crippen LogP contribution in [0.1, 0.15) is 11.1 Å². The molecule has 5 heteroatoms. The van der Waals surface area contributed by atoms with Crippen molar-refractivity contribution in [3.8, 4) is 29.1 Å². The summed E-state index contributed by atoms with van der Waals surface area (Å²) in [6.45, 7) is 0.506. The minimum Gasteiger partial charge on any atom is -0.497 e. The quantitative estimate of drug-likeness (QED) is 0.689. The number of fused-ring (bicyclic) bond motifs is 1. The molecule has 25 heavy (non-hydrogen) atoms. The smallest absolute Gasteiger partial charge is 0.244 e. The second-order valence-corrected chi connectivity index (χ2v) is 5.19. The maximum absolute atomic E-state index is 11.8. The minimum atomic E-state index is -0.207. The Bertz CT molecular complexity index is 844. The molecular formula is C20H17NO4. The van der Waals surface area contributed by atoms with E-state index < -0.39 is 0 Å². The van der Waals surface area contributed by atoms with E-state index >= 15 is 0 Å². The van der Waals surface area contributed by atoms with Crippen LogP contribution in [0.3, 0.4) is 0 Å². The van der Waals surface area contributed by atoms with Gasteiger partial charge >= 0.3 is 0 Å². The first kappa shape index (κ1) is 16.5. The van der Waals surface area contributed by atoms with Crippen molar-refractivity contribution < 1.29 is 19.0 Å². The van der Waals surface area contributed by atoms with Crippen molar-refractivity contribution in [2.75, 3.05) is 20.4 Å². The number of nitrogens with one attached hydrogen (secondary N) is 1. The van der Waals surface area contributed by atoms with E-state index in [-0.39, 0.29) is 19.2 Å². The summed E-state index contributed by atoms with van der Waals surface area (Å²) in [6.07, 6.45) is 3.18. The molecule has 0 unspecified atom stereocenters. The average Bonchev–Trinajstić information content (AvgIpc) is 3.12. The Morgan fingerprint density at radius 1 is 1.20 bits per heavy atom. The molecule has 0 aliphatic carbocycles. The molecule has 2 aromatic carbocycles. The van der Waals surface area contributed by atoms with E-state index in [0.717, 1.165) is 22.6 Å². The van der Waals surface area contributed by atoms with E-state index in [2.05, 4.69) is 17.2 Å². The van der Waals surface area contributed by atoms with Gasteiger partial charge in [0.05, 0.1) is 13.7 Å². The third kappa shape index (κ3) is 4.55. The Morgan fingerprint density at radius 3 is 2.80 bits per heavy atom. The molecular weight excluding hydrogens is 318 g/mol. The van der Waals surface area contributed by atoms with Gasteiger partial charge in [0.25, 0.3) is 0 Å². The summed E-state index contributed by atoms with van der Waals surface area (Å²) in [7, 11) is 1.62. The van der Waals surface area contributed by atoms with Gasteiger partial charge in [-0.15, -0.1) is 0 Å². The molecule has 126 valence electrons. The summed E-state index contributed by atoms with van der Waals surface area (Å²) in [5, 5.41) is 2.72. The topological polar surface area (TPSA) is 56.8 Å². The number of carbonyl (C=O) groups is 1. The zero-order chi connectivity index (χ0) is 17.5. The first-order valence-corrected chi connectivity index (χ1v) is 7.73. The van der Waals surface area contributed by atoms with Gasteiger partial charge in [0, 0.05) is 11.6 Å². The van der Waals surface area contributed by atoms with Crippen LogP contribution in [0.4, 0.5) is 0 Å². The lowest BCUT2D eigenvalue weighted by Gasteiger charge is -1.98. The zero-order valence-corrected chi connectivity index (χ0v) is 13.7. The van der Waals surface area contributed by atoms with Crippen LogP contribution < -0.4 is 19.5 Å². The molecule has 0 fully saturated rings. The Labute approximate surface area is 146 Å². The predicted molar refractivity (Wildman–Crippen MR) is 94.5 cm³/mol. The number of hydrogen-bond acceptors (Lipinski definition) is 4. The molecule has 2 aromatic rings. The third-order valence-corrected chi connectivity index (χ3v) is 3.50. The molecule has 1 amide bonds. The summed E-state index contributed by atoms with van der Waals surface area (Å²) in [6, 6.07) is 12.9. The largest absolute Gasteiger partial charge is 0.497 e. The van der Waals surface area contributed by atoms with Gasteiger partial charge in [0.1, 0.15) is 5.75 Å². The van der Waals surface area contributed by atoms with E-state index in [4.69, 9.17) is 14.2 Å². The summed E-state index contributed by atoms with van der Waals surface area (Å²) < 4.78 is 15.6. The Balaban J connectivity index is 1.49. The summed E-state index contributed by atoms with van der Waals surface area (Å²) in [5.74, 6) is 7.87. The third-order valence-electron chi connectivity index (χ3n) is 3.50. The lowest BCUT2D eigenvalue weighted by atomic mass is 10.2. The van der Waals surface area contributed by atoms with Gasteiger partial charge in [0.2, 0.25) is 12.7 Å². The number of rotatable bonds is 4. The van der Waals surface area contributed by atoms with Crippen LogP contribution >= 0.6 is 0 Å². The molecule has 1 aliphatic heterocycles. The van der Waals surface area contributed by atoms with Crippen molar-refractivity contribution in [3.05, 3.63) is 59.7 Å². The maximum Gasteiger partial charge on any atom is 0.244 e. The summed E-state index contributed by atoms with van der Waals surface area (Å²) in [5.41, 5.74) is 1.73. The van der Waals surface area contributed by atoms with E-state index in [9.17, 15) is 4.79 Å². The Kier molecular flexibility index (Phi) is 5.22. The molecule has 0 aromatic heterocycles. The maximum atomic E-state index is 11.8. The molecule has 1 heterocycles. The molecule has 0 bridgehead atoms. The number of methoxy groups -OCH3 is 1. The first-order valence-electron chi connectivity index (χ1n) is 7.73. The predicted octanol–water partition coefficient (Wildman–Crippen LogP) is 2.61. The second-order valence-electron chi connectivity index (χ2n) is 5.19. The standard InChI is InChI=1S/C20H17NO4/c1-23-17-8-4-15(5-9-17)3-2-12-21-20(22)11-7-16-6-10-18-19(13-16)25-14-24-18/h4-11,13H,12,14H2,1H3,(H,21,22)/b11-7+. The van der Waals surface area contributed by atoms with Crippen molar-refractivity contribution in [1.82, 2.24) is 5.32 Å². The fourth-order valence-electron chi connectivity index (χ4n) is 2.20. The normalized spacial score (nSPS) is 11.7. The van der Waals surface area contributed by atoms with Crippen molar-refractivity contribution >= 4 is 12.0 Å². The van der Waals surface area contributed by atoms with E-state index in [1.54, 1.807) is 13.2 Å². The van der Waals surface area contributed by atoms with Crippen molar-refractivity contribution in [1.29, 1.82) is 0 Å². The highest BCUT2D eigenvalue weighted by Gasteiger charge is 2.12. The molecule has 0 saturated carbocycles. The van der Waals surface area contributed by atoms with Gasteiger partial charge in [-0.1, -0.05) is 17.9 Å². The molecule has 3 rings (SSSR count). The van der Waals surface area contributed by atoms with Crippen LogP contribution in [0, 0.1) is 11.8 Å². The molecule has 1 N–H and O–H groups in total. The lowest BCUT2D eigenvalue weighted by molar-refractivity contribution is -0.116. The van der Waals surface area contributed by atoms with Crippen molar-refractivity contribution in [2.45, 2.75) is 0 Å². The van der Waals surface area contributed by atoms with E-state index in [0.29, 0.717) is 5.75 Å². The summed E-state index contributed by atoms with van der Waals surface area (Å²) >= 11 is 0. The SMILES string of the molecule is COc1ccc(C#CCNC(=O)/C=C/c2ccc3c(c2)OCO3)cc1. The van der Waals surface area contributed by atoms with Crippen LogP contribution in [0.25, 0.3) is 6.08 Å². The highest BCUT2D eigenvalue weighted by Crippen LogP contribution is 2.32. The van der Waals surface area contributed by atoms with Crippen LogP contribution in [-0.4, -0.2) is 26.4 Å². The number of hydrogen-bond donors (Lipinski definition) is 1. The Hall–Kier alpha value is -3.39. The summed E-state index contributed by atoms with van der Waals surface area (Å²) in [4.78, 5) is 11.8. The van der Waals surface area contributed by atoms with Gasteiger partial charge in [-0.3, -0.25) is 4.79 Å². The molecule has 0 saturated heterocycles. The van der Waals surface area contributed by atoms with Crippen molar-refractivity contribution in [2.24, 2.45) is 0 Å². The minimum absolute atomic E-state index is 0.207. The van der Waals surface area contributed by atoms with Gasteiger partial charge in [-0.25, -0.2) is 0 Å². The van der Waals surface area contributed by atoms with Gasteiger partial charge in [-0.05, 0) is 48.0 Å². The fourth-order valence-corrected chi connectivity index (χ4v) is 2.20. The first-order chi connectivity index (χ1) is 12.2. The van der Waals surface area contributed by atoms with Gasteiger partial charge < -0.3 is 19.5 Å². The second kappa shape index (κ2) is 7.93. The number of ether oxygens (including phenoxy) is 3. The van der Waals surface area contributed by atoms with Crippen LogP contribution in [0.2, 0.25) is 0 Å². The highest BCUT2D eigenvalue weighted by atomic mass is 16.7. The van der Waals surface area contributed by atoms with Crippen LogP contribution in [0.15, 0.2) is 48.5 Å². The molecule has 0 radical (unpaired) electrons. The molecule has 0 spiro atoms. The van der Waals surface area contributed by atoms with Crippen LogP contribution in [-0.2, 0) is 4.79 Å². The zero-order valence-electron chi connectivity index (χ0n) is 13.7. The lowest BCUT2D eigenvalue weighted by Crippen LogP contribution is -2.20. The van der Waals surface area contributed by atoms with Crippen molar-refractivity contribution in [3.63, 3.8) is 0 Å². The van der Waals surface area contributed by atoms with E-state index in [1.807, 2.05) is 42.5 Å².